The van der Waals surface area contributed by atoms with Gasteiger partial charge in [0.15, 0.2) is 0 Å². The molecule has 0 aromatic carbocycles. The summed E-state index contributed by atoms with van der Waals surface area (Å²) in [5.41, 5.74) is 7.40. The molecular formula is C20H23FN4. The zero-order valence-electron chi connectivity index (χ0n) is 14.5. The molecular weight excluding hydrogens is 315 g/mol. The zero-order chi connectivity index (χ0) is 17.2. The molecule has 0 amide bonds. The number of halogens is 1. The predicted octanol–water partition coefficient (Wildman–Crippen LogP) is 4.24. The van der Waals surface area contributed by atoms with Crippen LogP contribution in [0, 0.1) is 0 Å². The van der Waals surface area contributed by atoms with Crippen LogP contribution in [0.15, 0.2) is 42.4 Å². The molecule has 0 bridgehead atoms. The van der Waals surface area contributed by atoms with Crippen LogP contribution in [0.4, 0.5) is 10.2 Å². The van der Waals surface area contributed by atoms with E-state index in [0.717, 1.165) is 40.4 Å². The van der Waals surface area contributed by atoms with Crippen LogP contribution < -0.4 is 4.90 Å². The molecule has 2 aliphatic rings. The van der Waals surface area contributed by atoms with Crippen LogP contribution in [0.2, 0.25) is 0 Å². The molecule has 4 rings (SSSR count). The van der Waals surface area contributed by atoms with Gasteiger partial charge >= 0.3 is 0 Å². The van der Waals surface area contributed by atoms with Crippen molar-refractivity contribution in [1.29, 1.82) is 0 Å². The van der Waals surface area contributed by atoms with Crippen LogP contribution in [0.3, 0.4) is 0 Å². The first-order chi connectivity index (χ1) is 12.2. The van der Waals surface area contributed by atoms with Gasteiger partial charge < -0.3 is 9.88 Å². The van der Waals surface area contributed by atoms with Crippen molar-refractivity contribution in [1.82, 2.24) is 15.1 Å². The Kier molecular flexibility index (Phi) is 4.43. The Balaban J connectivity index is 1.70. The van der Waals surface area contributed by atoms with Crippen LogP contribution in [0.25, 0.3) is 16.6 Å². The van der Waals surface area contributed by atoms with E-state index in [2.05, 4.69) is 26.7 Å². The van der Waals surface area contributed by atoms with Gasteiger partial charge in [-0.25, -0.2) is 4.98 Å². The number of rotatable bonds is 3. The number of likely N-dealkylation sites (N-methyl/N-ethyl adjacent to an activating group) is 1. The molecule has 3 heterocycles. The Morgan fingerprint density at radius 3 is 2.96 bits per heavy atom. The molecule has 1 saturated heterocycles. The molecule has 1 aliphatic carbocycles. The highest BCUT2D eigenvalue weighted by atomic mass is 19.2. The molecule has 1 aliphatic heterocycles. The van der Waals surface area contributed by atoms with Gasteiger partial charge in [0.2, 0.25) is 0 Å². The standard InChI is InChI=1S/C20H23FN4/c1-24(21)16-7-5-6-15(8-9-16)19-14-23-20-18(19)12-17(13-22-20)25-10-3-2-4-11-25/h5,8-9,12-14,16H,2-4,7,10-11H2,1H3,(H,22,23). The van der Waals surface area contributed by atoms with Crippen LogP contribution in [0.1, 0.15) is 31.2 Å². The van der Waals surface area contributed by atoms with E-state index in [1.807, 2.05) is 30.6 Å². The van der Waals surface area contributed by atoms with E-state index in [1.165, 1.54) is 32.0 Å². The van der Waals surface area contributed by atoms with Crippen molar-refractivity contribution in [2.45, 2.75) is 31.7 Å². The molecule has 5 heteroatoms. The lowest BCUT2D eigenvalue weighted by atomic mass is 10.1. The number of piperidine rings is 1. The fourth-order valence-electron chi connectivity index (χ4n) is 3.60. The van der Waals surface area contributed by atoms with Gasteiger partial charge in [-0.1, -0.05) is 6.08 Å². The van der Waals surface area contributed by atoms with Crippen molar-refractivity contribution >= 4 is 22.3 Å². The average Bonchev–Trinajstić information content (AvgIpc) is 2.90. The van der Waals surface area contributed by atoms with Crippen LogP contribution >= 0.6 is 0 Å². The molecule has 0 spiro atoms. The summed E-state index contributed by atoms with van der Waals surface area (Å²) in [6.07, 6.45) is 14.1. The smallest absolute Gasteiger partial charge is 0.138 e. The Bertz CT molecular complexity index is 852. The number of nitrogens with zero attached hydrogens (tertiary/aromatic N) is 3. The van der Waals surface area contributed by atoms with Crippen molar-refractivity contribution in [2.24, 2.45) is 0 Å². The summed E-state index contributed by atoms with van der Waals surface area (Å²) in [6, 6.07) is 1.98. The van der Waals surface area contributed by atoms with E-state index < -0.39 is 0 Å². The van der Waals surface area contributed by atoms with E-state index in [1.54, 1.807) is 0 Å². The van der Waals surface area contributed by atoms with Gasteiger partial charge in [0.25, 0.3) is 0 Å². The highest BCUT2D eigenvalue weighted by Crippen LogP contribution is 2.30. The summed E-state index contributed by atoms with van der Waals surface area (Å²) in [7, 11) is 1.45. The van der Waals surface area contributed by atoms with Crippen molar-refractivity contribution in [3.05, 3.63) is 48.0 Å². The maximum Gasteiger partial charge on any atom is 0.138 e. The van der Waals surface area contributed by atoms with Crippen molar-refractivity contribution in [3.8, 4) is 0 Å². The van der Waals surface area contributed by atoms with Crippen molar-refractivity contribution < 1.29 is 4.48 Å². The topological polar surface area (TPSA) is 35.2 Å². The summed E-state index contributed by atoms with van der Waals surface area (Å²) < 4.78 is 13.5. The fourth-order valence-corrected chi connectivity index (χ4v) is 3.60. The number of hydrogen-bond acceptors (Lipinski definition) is 3. The highest BCUT2D eigenvalue weighted by molar-refractivity contribution is 5.94. The SMILES string of the molecule is CN(F)C1C=CC(c2c[nH]c3ncc(N4CCCCC4)cc23)=C=CC1. The van der Waals surface area contributed by atoms with Gasteiger partial charge in [-0.2, -0.15) is 0 Å². The third-order valence-corrected chi connectivity index (χ3v) is 5.09. The highest BCUT2D eigenvalue weighted by Gasteiger charge is 2.16. The lowest BCUT2D eigenvalue weighted by Gasteiger charge is -2.28. The number of anilines is 1. The molecule has 1 atom stereocenters. The van der Waals surface area contributed by atoms with Gasteiger partial charge in [0.1, 0.15) is 5.65 Å². The molecule has 0 saturated carbocycles. The third-order valence-electron chi connectivity index (χ3n) is 5.09. The molecule has 4 nitrogen and oxygen atoms in total. The third kappa shape index (κ3) is 3.26. The number of aromatic nitrogens is 2. The minimum atomic E-state index is -0.239. The van der Waals surface area contributed by atoms with Crippen LogP contribution in [-0.4, -0.2) is 41.3 Å². The van der Waals surface area contributed by atoms with Crippen LogP contribution in [-0.2, 0) is 0 Å². The monoisotopic (exact) mass is 338 g/mol. The summed E-state index contributed by atoms with van der Waals surface area (Å²) in [6.45, 7) is 2.19. The predicted molar refractivity (Wildman–Crippen MR) is 100 cm³/mol. The maximum atomic E-state index is 13.5. The van der Waals surface area contributed by atoms with Crippen molar-refractivity contribution in [3.63, 3.8) is 0 Å². The second-order valence-electron chi connectivity index (χ2n) is 6.79. The number of nitrogens with one attached hydrogen (secondary N) is 1. The minimum Gasteiger partial charge on any atom is -0.370 e. The molecule has 1 fully saturated rings. The Hall–Kier alpha value is -2.36. The Labute approximate surface area is 147 Å². The zero-order valence-corrected chi connectivity index (χ0v) is 14.5. The second-order valence-corrected chi connectivity index (χ2v) is 6.79. The van der Waals surface area contributed by atoms with Gasteiger partial charge in [-0.3, -0.25) is 0 Å². The van der Waals surface area contributed by atoms with Gasteiger partial charge in [-0.15, -0.1) is 15.3 Å². The largest absolute Gasteiger partial charge is 0.370 e. The quantitative estimate of drug-likeness (QED) is 0.672. The first-order valence-electron chi connectivity index (χ1n) is 8.97. The van der Waals surface area contributed by atoms with Gasteiger partial charge in [0.05, 0.1) is 17.9 Å². The molecule has 2 aromatic rings. The molecule has 25 heavy (non-hydrogen) atoms. The second kappa shape index (κ2) is 6.87. The number of fused-ring (bicyclic) bond motifs is 1. The number of allylic oxidation sites excluding steroid dienone is 1. The Morgan fingerprint density at radius 1 is 1.32 bits per heavy atom. The van der Waals surface area contributed by atoms with E-state index >= 15 is 0 Å². The maximum absolute atomic E-state index is 13.5. The number of hydrogen-bond donors (Lipinski definition) is 1. The molecule has 1 N–H and O–H groups in total. The molecule has 2 aromatic heterocycles. The van der Waals surface area contributed by atoms with Crippen LogP contribution in [0.5, 0.6) is 0 Å². The van der Waals surface area contributed by atoms with Gasteiger partial charge in [-0.05, 0) is 43.9 Å². The lowest BCUT2D eigenvalue weighted by molar-refractivity contribution is 0.0304. The number of aromatic amines is 1. The van der Waals surface area contributed by atoms with E-state index in [9.17, 15) is 4.48 Å². The first kappa shape index (κ1) is 16.1. The lowest BCUT2D eigenvalue weighted by Crippen LogP contribution is -2.29. The summed E-state index contributed by atoms with van der Waals surface area (Å²) in [5.74, 6) is 0. The van der Waals surface area contributed by atoms with E-state index in [4.69, 9.17) is 0 Å². The van der Waals surface area contributed by atoms with Crippen molar-refractivity contribution in [2.75, 3.05) is 25.0 Å². The molecule has 0 radical (unpaired) electrons. The summed E-state index contributed by atoms with van der Waals surface area (Å²) in [4.78, 5) is 10.3. The van der Waals surface area contributed by atoms with E-state index in [-0.39, 0.29) is 6.04 Å². The summed E-state index contributed by atoms with van der Waals surface area (Å²) >= 11 is 0. The normalized spacial score (nSPS) is 21.0. The minimum absolute atomic E-state index is 0.239. The molecule has 1 unspecified atom stereocenters. The Morgan fingerprint density at radius 2 is 2.16 bits per heavy atom. The fraction of sp³-hybridized carbons (Fsp3) is 0.400. The summed E-state index contributed by atoms with van der Waals surface area (Å²) in [5, 5.41) is 1.83. The number of H-pyrrole nitrogens is 1. The van der Waals surface area contributed by atoms with Gasteiger partial charge in [0, 0.05) is 42.9 Å². The number of pyridine rings is 1. The van der Waals surface area contributed by atoms with E-state index in [0.29, 0.717) is 6.42 Å². The average molecular weight is 338 g/mol. The first-order valence-corrected chi connectivity index (χ1v) is 8.97. The molecule has 130 valence electrons.